The monoisotopic (exact) mass is 185 g/mol. The molecule has 4 heteroatoms. The molecule has 1 saturated carbocycles. The predicted octanol–water partition coefficient (Wildman–Crippen LogP) is 0.562. The van der Waals surface area contributed by atoms with E-state index in [0.717, 1.165) is 38.4 Å². The first kappa shape index (κ1) is 10.2. The molecule has 74 valence electrons. The van der Waals surface area contributed by atoms with Gasteiger partial charge in [-0.25, -0.2) is 0 Å². The Balaban J connectivity index is 2.47. The van der Waals surface area contributed by atoms with Gasteiger partial charge in [0.25, 0.3) is 0 Å². The van der Waals surface area contributed by atoms with E-state index in [0.29, 0.717) is 0 Å². The van der Waals surface area contributed by atoms with E-state index in [-0.39, 0.29) is 6.54 Å². The van der Waals surface area contributed by atoms with Crippen molar-refractivity contribution in [2.24, 2.45) is 0 Å². The molecule has 1 aliphatic carbocycles. The van der Waals surface area contributed by atoms with Gasteiger partial charge in [0.2, 0.25) is 0 Å². The average Bonchev–Trinajstić information content (AvgIpc) is 2.16. The highest BCUT2D eigenvalue weighted by Crippen LogP contribution is 2.25. The van der Waals surface area contributed by atoms with Crippen LogP contribution >= 0.6 is 0 Å². The number of aliphatic carboxylic acids is 1. The maximum atomic E-state index is 10.8. The van der Waals surface area contributed by atoms with Crippen molar-refractivity contribution in [1.29, 1.82) is 0 Å². The Bertz CT molecular complexity index is 197. The molecule has 0 aliphatic heterocycles. The minimum absolute atomic E-state index is 0.126. The number of hydrogen-bond donors (Lipinski definition) is 2. The highest BCUT2D eigenvalue weighted by molar-refractivity contribution is 5.71. The number of carbonyl (C=O) groups is 2. The van der Waals surface area contributed by atoms with E-state index in [9.17, 15) is 9.59 Å². The van der Waals surface area contributed by atoms with Crippen LogP contribution in [-0.2, 0) is 9.59 Å². The zero-order chi connectivity index (χ0) is 9.73. The number of hydrogen-bond acceptors (Lipinski definition) is 3. The predicted molar refractivity (Wildman–Crippen MR) is 47.5 cm³/mol. The van der Waals surface area contributed by atoms with Crippen molar-refractivity contribution in [3.63, 3.8) is 0 Å². The number of carboxylic acid groups (broad SMARTS) is 1. The van der Waals surface area contributed by atoms with Gasteiger partial charge >= 0.3 is 5.97 Å². The standard InChI is InChI=1S/C9H15NO3/c11-7-9(10-6-8(12)13)4-2-1-3-5-9/h7,10H,1-6H2,(H,12,13). The molecule has 0 aromatic heterocycles. The van der Waals surface area contributed by atoms with Crippen LogP contribution in [-0.4, -0.2) is 29.4 Å². The summed E-state index contributed by atoms with van der Waals surface area (Å²) in [5.74, 6) is -0.910. The fraction of sp³-hybridized carbons (Fsp3) is 0.778. The molecule has 1 aliphatic rings. The van der Waals surface area contributed by atoms with Gasteiger partial charge in [-0.2, -0.15) is 0 Å². The van der Waals surface area contributed by atoms with Crippen molar-refractivity contribution in [3.8, 4) is 0 Å². The Kier molecular flexibility index (Phi) is 3.42. The Morgan fingerprint density at radius 3 is 2.46 bits per heavy atom. The van der Waals surface area contributed by atoms with Gasteiger partial charge in [0.15, 0.2) is 0 Å². The van der Waals surface area contributed by atoms with Crippen LogP contribution in [0.25, 0.3) is 0 Å². The van der Waals surface area contributed by atoms with Crippen LogP contribution in [0.4, 0.5) is 0 Å². The molecule has 0 saturated heterocycles. The molecule has 4 nitrogen and oxygen atoms in total. The second-order valence-electron chi connectivity index (χ2n) is 3.58. The van der Waals surface area contributed by atoms with Gasteiger partial charge in [-0.15, -0.1) is 0 Å². The van der Waals surface area contributed by atoms with Gasteiger partial charge in [0.05, 0.1) is 12.1 Å². The molecule has 2 N–H and O–H groups in total. The third-order valence-electron chi connectivity index (χ3n) is 2.56. The van der Waals surface area contributed by atoms with Gasteiger partial charge in [-0.05, 0) is 12.8 Å². The lowest BCUT2D eigenvalue weighted by atomic mass is 9.83. The molecule has 0 amide bonds. The van der Waals surface area contributed by atoms with Crippen LogP contribution in [0.3, 0.4) is 0 Å². The molecule has 1 fully saturated rings. The van der Waals surface area contributed by atoms with Crippen molar-refractivity contribution in [1.82, 2.24) is 5.32 Å². The fourth-order valence-corrected chi connectivity index (χ4v) is 1.77. The summed E-state index contributed by atoms with van der Waals surface area (Å²) < 4.78 is 0. The second-order valence-corrected chi connectivity index (χ2v) is 3.58. The van der Waals surface area contributed by atoms with E-state index >= 15 is 0 Å². The topological polar surface area (TPSA) is 66.4 Å². The fourth-order valence-electron chi connectivity index (χ4n) is 1.77. The van der Waals surface area contributed by atoms with Gasteiger partial charge < -0.3 is 9.90 Å². The number of carboxylic acids is 1. The Morgan fingerprint density at radius 2 is 2.00 bits per heavy atom. The molecule has 1 rings (SSSR count). The van der Waals surface area contributed by atoms with E-state index in [4.69, 9.17) is 5.11 Å². The zero-order valence-electron chi connectivity index (χ0n) is 7.58. The summed E-state index contributed by atoms with van der Waals surface area (Å²) in [4.78, 5) is 21.2. The van der Waals surface area contributed by atoms with Gasteiger partial charge in [-0.1, -0.05) is 19.3 Å². The normalized spacial score (nSPS) is 20.9. The van der Waals surface area contributed by atoms with Crippen LogP contribution in [0.1, 0.15) is 32.1 Å². The summed E-state index contributed by atoms with van der Waals surface area (Å²) in [7, 11) is 0. The van der Waals surface area contributed by atoms with Crippen LogP contribution in [0, 0.1) is 0 Å². The molecule has 13 heavy (non-hydrogen) atoms. The summed E-state index contributed by atoms with van der Waals surface area (Å²) >= 11 is 0. The van der Waals surface area contributed by atoms with E-state index in [2.05, 4.69) is 5.32 Å². The van der Waals surface area contributed by atoms with E-state index in [1.54, 1.807) is 0 Å². The molecule has 0 heterocycles. The van der Waals surface area contributed by atoms with Crippen molar-refractivity contribution in [2.75, 3.05) is 6.54 Å². The summed E-state index contributed by atoms with van der Waals surface area (Å²) in [6, 6.07) is 0. The molecular formula is C9H15NO3. The zero-order valence-corrected chi connectivity index (χ0v) is 7.58. The van der Waals surface area contributed by atoms with Crippen molar-refractivity contribution < 1.29 is 14.7 Å². The lowest BCUT2D eigenvalue weighted by Crippen LogP contribution is -2.50. The molecular weight excluding hydrogens is 170 g/mol. The molecule has 0 atom stereocenters. The maximum Gasteiger partial charge on any atom is 0.317 e. The lowest BCUT2D eigenvalue weighted by Gasteiger charge is -2.32. The van der Waals surface area contributed by atoms with Crippen LogP contribution in [0.5, 0.6) is 0 Å². The van der Waals surface area contributed by atoms with Crippen molar-refractivity contribution in [3.05, 3.63) is 0 Å². The summed E-state index contributed by atoms with van der Waals surface area (Å²) in [5, 5.41) is 11.3. The Hall–Kier alpha value is -0.900. The van der Waals surface area contributed by atoms with Crippen LogP contribution in [0.15, 0.2) is 0 Å². The van der Waals surface area contributed by atoms with Crippen molar-refractivity contribution in [2.45, 2.75) is 37.6 Å². The third-order valence-corrected chi connectivity index (χ3v) is 2.56. The average molecular weight is 185 g/mol. The molecule has 0 bridgehead atoms. The second kappa shape index (κ2) is 4.37. The molecule has 0 unspecified atom stereocenters. The minimum atomic E-state index is -0.910. The largest absolute Gasteiger partial charge is 0.480 e. The summed E-state index contributed by atoms with van der Waals surface area (Å²) in [5.41, 5.74) is -0.559. The van der Waals surface area contributed by atoms with Gasteiger partial charge in [0, 0.05) is 0 Å². The molecule has 0 aromatic rings. The van der Waals surface area contributed by atoms with Crippen molar-refractivity contribution >= 4 is 12.3 Å². The Labute approximate surface area is 77.3 Å². The first-order chi connectivity index (χ1) is 6.18. The third kappa shape index (κ3) is 2.81. The highest BCUT2D eigenvalue weighted by Gasteiger charge is 2.31. The van der Waals surface area contributed by atoms with Crippen LogP contribution < -0.4 is 5.32 Å². The highest BCUT2D eigenvalue weighted by atomic mass is 16.4. The lowest BCUT2D eigenvalue weighted by molar-refractivity contribution is -0.136. The van der Waals surface area contributed by atoms with E-state index in [1.165, 1.54) is 0 Å². The maximum absolute atomic E-state index is 10.8. The number of carbonyl (C=O) groups excluding carboxylic acids is 1. The molecule has 0 radical (unpaired) electrons. The summed E-state index contributed by atoms with van der Waals surface area (Å²) in [6.45, 7) is -0.126. The SMILES string of the molecule is O=CC1(NCC(=O)O)CCCCC1. The minimum Gasteiger partial charge on any atom is -0.480 e. The Morgan fingerprint density at radius 1 is 1.38 bits per heavy atom. The van der Waals surface area contributed by atoms with Gasteiger partial charge in [0.1, 0.15) is 6.29 Å². The van der Waals surface area contributed by atoms with Crippen LogP contribution in [0.2, 0.25) is 0 Å². The first-order valence-corrected chi connectivity index (χ1v) is 4.62. The molecule has 0 aromatic carbocycles. The van der Waals surface area contributed by atoms with Gasteiger partial charge in [-0.3, -0.25) is 10.1 Å². The number of aldehydes is 1. The quantitative estimate of drug-likeness (QED) is 0.628. The van der Waals surface area contributed by atoms with E-state index in [1.807, 2.05) is 0 Å². The number of rotatable bonds is 4. The number of nitrogens with one attached hydrogen (secondary N) is 1. The first-order valence-electron chi connectivity index (χ1n) is 4.62. The smallest absolute Gasteiger partial charge is 0.317 e. The van der Waals surface area contributed by atoms with E-state index < -0.39 is 11.5 Å². The molecule has 0 spiro atoms. The summed E-state index contributed by atoms with van der Waals surface area (Å²) in [6.07, 6.45) is 5.56.